The van der Waals surface area contributed by atoms with Crippen LogP contribution in [0.4, 0.5) is 0 Å². The number of aromatic nitrogens is 2. The third-order valence-corrected chi connectivity index (χ3v) is 5.22. The van der Waals surface area contributed by atoms with Crippen LogP contribution < -0.4 is 5.32 Å². The monoisotopic (exact) mass is 404 g/mol. The highest BCUT2D eigenvalue weighted by Crippen LogP contribution is 2.21. The van der Waals surface area contributed by atoms with Crippen LogP contribution in [0.3, 0.4) is 0 Å². The fourth-order valence-corrected chi connectivity index (χ4v) is 3.51. The first-order valence-corrected chi connectivity index (χ1v) is 10.1. The molecule has 1 aliphatic rings. The van der Waals surface area contributed by atoms with Crippen LogP contribution in [0.5, 0.6) is 0 Å². The molecule has 1 aliphatic heterocycles. The fourth-order valence-electron chi connectivity index (χ4n) is 3.51. The Labute approximate surface area is 175 Å². The first kappa shape index (κ1) is 19.8. The SMILES string of the molecule is Cc1ccc(CN2C[C@H](C(=O)NCCc3nc(-c4ccccc4)no3)CC2=O)cc1. The van der Waals surface area contributed by atoms with Crippen molar-refractivity contribution < 1.29 is 14.1 Å². The van der Waals surface area contributed by atoms with Gasteiger partial charge in [-0.2, -0.15) is 4.98 Å². The third kappa shape index (κ3) is 4.74. The molecule has 1 fully saturated rings. The fraction of sp³-hybridized carbons (Fsp3) is 0.304. The Balaban J connectivity index is 1.25. The molecule has 1 N–H and O–H groups in total. The van der Waals surface area contributed by atoms with Crippen molar-refractivity contribution in [2.45, 2.75) is 26.3 Å². The van der Waals surface area contributed by atoms with Crippen LogP contribution in [0, 0.1) is 12.8 Å². The standard InChI is InChI=1S/C23H24N4O3/c1-16-7-9-17(10-8-16)14-27-15-19(13-21(27)28)23(29)24-12-11-20-25-22(26-30-20)18-5-3-2-4-6-18/h2-10,19H,11-15H2,1H3,(H,24,29)/t19-/m1/s1. The van der Waals surface area contributed by atoms with Gasteiger partial charge in [0, 0.05) is 38.0 Å². The smallest absolute Gasteiger partial charge is 0.228 e. The van der Waals surface area contributed by atoms with E-state index >= 15 is 0 Å². The molecule has 4 rings (SSSR count). The highest BCUT2D eigenvalue weighted by Gasteiger charge is 2.34. The number of aryl methyl sites for hydroxylation is 1. The van der Waals surface area contributed by atoms with E-state index in [9.17, 15) is 9.59 Å². The van der Waals surface area contributed by atoms with Gasteiger partial charge >= 0.3 is 0 Å². The minimum absolute atomic E-state index is 0.0140. The van der Waals surface area contributed by atoms with Crippen molar-refractivity contribution in [2.24, 2.45) is 5.92 Å². The first-order chi connectivity index (χ1) is 14.6. The molecule has 2 amide bonds. The zero-order valence-electron chi connectivity index (χ0n) is 16.9. The van der Waals surface area contributed by atoms with Crippen molar-refractivity contribution in [1.82, 2.24) is 20.4 Å². The Kier molecular flexibility index (Phi) is 5.88. The Hall–Kier alpha value is -3.48. The van der Waals surface area contributed by atoms with E-state index in [1.165, 1.54) is 5.56 Å². The molecule has 0 saturated carbocycles. The maximum absolute atomic E-state index is 12.5. The number of rotatable bonds is 7. The first-order valence-electron chi connectivity index (χ1n) is 10.1. The lowest BCUT2D eigenvalue weighted by Crippen LogP contribution is -2.34. The maximum Gasteiger partial charge on any atom is 0.228 e. The normalized spacial score (nSPS) is 16.1. The molecule has 30 heavy (non-hydrogen) atoms. The van der Waals surface area contributed by atoms with E-state index in [1.54, 1.807) is 4.90 Å². The number of carbonyl (C=O) groups is 2. The molecule has 0 spiro atoms. The van der Waals surface area contributed by atoms with Crippen molar-refractivity contribution in [2.75, 3.05) is 13.1 Å². The predicted molar refractivity (Wildman–Crippen MR) is 111 cm³/mol. The van der Waals surface area contributed by atoms with Gasteiger partial charge in [0.1, 0.15) is 0 Å². The summed E-state index contributed by atoms with van der Waals surface area (Å²) in [7, 11) is 0. The molecule has 7 nitrogen and oxygen atoms in total. The number of amides is 2. The number of hydrogen-bond donors (Lipinski definition) is 1. The Morgan fingerprint density at radius 3 is 2.70 bits per heavy atom. The Morgan fingerprint density at radius 1 is 1.17 bits per heavy atom. The minimum atomic E-state index is -0.328. The molecule has 3 aromatic rings. The Bertz CT molecular complexity index is 1010. The van der Waals surface area contributed by atoms with E-state index in [-0.39, 0.29) is 24.2 Å². The minimum Gasteiger partial charge on any atom is -0.355 e. The van der Waals surface area contributed by atoms with Gasteiger partial charge in [-0.1, -0.05) is 65.3 Å². The van der Waals surface area contributed by atoms with Gasteiger partial charge in [-0.15, -0.1) is 0 Å². The van der Waals surface area contributed by atoms with Gasteiger partial charge < -0.3 is 14.7 Å². The van der Waals surface area contributed by atoms with Crippen molar-refractivity contribution >= 4 is 11.8 Å². The molecule has 0 radical (unpaired) electrons. The molecule has 1 atom stereocenters. The van der Waals surface area contributed by atoms with Gasteiger partial charge in [-0.05, 0) is 12.5 Å². The van der Waals surface area contributed by atoms with E-state index in [0.29, 0.717) is 37.8 Å². The quantitative estimate of drug-likeness (QED) is 0.654. The predicted octanol–water partition coefficient (Wildman–Crippen LogP) is 2.75. The van der Waals surface area contributed by atoms with Crippen LogP contribution in [-0.4, -0.2) is 39.9 Å². The summed E-state index contributed by atoms with van der Waals surface area (Å²) >= 11 is 0. The molecule has 1 aromatic heterocycles. The number of benzene rings is 2. The van der Waals surface area contributed by atoms with Gasteiger partial charge in [0.25, 0.3) is 0 Å². The van der Waals surface area contributed by atoms with Crippen LogP contribution in [0.15, 0.2) is 59.1 Å². The summed E-state index contributed by atoms with van der Waals surface area (Å²) in [4.78, 5) is 30.9. The molecule has 0 aliphatic carbocycles. The highest BCUT2D eigenvalue weighted by atomic mass is 16.5. The lowest BCUT2D eigenvalue weighted by atomic mass is 10.1. The van der Waals surface area contributed by atoms with Gasteiger partial charge in [0.05, 0.1) is 5.92 Å². The highest BCUT2D eigenvalue weighted by molar-refractivity contribution is 5.89. The molecule has 1 saturated heterocycles. The lowest BCUT2D eigenvalue weighted by Gasteiger charge is -2.16. The summed E-state index contributed by atoms with van der Waals surface area (Å²) in [5.41, 5.74) is 3.14. The van der Waals surface area contributed by atoms with Crippen LogP contribution in [0.25, 0.3) is 11.4 Å². The summed E-state index contributed by atoms with van der Waals surface area (Å²) in [6.07, 6.45) is 0.690. The summed E-state index contributed by atoms with van der Waals surface area (Å²) in [6, 6.07) is 17.7. The molecule has 2 heterocycles. The topological polar surface area (TPSA) is 88.3 Å². The summed E-state index contributed by atoms with van der Waals surface area (Å²) in [5, 5.41) is 6.87. The average molecular weight is 404 g/mol. The van der Waals surface area contributed by atoms with E-state index in [4.69, 9.17) is 4.52 Å². The third-order valence-electron chi connectivity index (χ3n) is 5.22. The lowest BCUT2D eigenvalue weighted by molar-refractivity contribution is -0.129. The molecular formula is C23H24N4O3. The van der Waals surface area contributed by atoms with E-state index in [0.717, 1.165) is 11.1 Å². The van der Waals surface area contributed by atoms with Crippen LogP contribution in [0.1, 0.15) is 23.4 Å². The van der Waals surface area contributed by atoms with Crippen molar-refractivity contribution in [3.63, 3.8) is 0 Å². The maximum atomic E-state index is 12.5. The molecule has 154 valence electrons. The second-order valence-electron chi connectivity index (χ2n) is 7.58. The summed E-state index contributed by atoms with van der Waals surface area (Å²) in [6.45, 7) is 3.39. The van der Waals surface area contributed by atoms with Gasteiger partial charge in [0.15, 0.2) is 0 Å². The molecule has 0 bridgehead atoms. The molecular weight excluding hydrogens is 380 g/mol. The van der Waals surface area contributed by atoms with E-state index in [1.807, 2.05) is 61.5 Å². The van der Waals surface area contributed by atoms with E-state index in [2.05, 4.69) is 15.5 Å². The zero-order valence-corrected chi connectivity index (χ0v) is 16.9. The van der Waals surface area contributed by atoms with Gasteiger partial charge in [-0.25, -0.2) is 0 Å². The van der Waals surface area contributed by atoms with Crippen LogP contribution >= 0.6 is 0 Å². The van der Waals surface area contributed by atoms with Gasteiger partial charge in [0.2, 0.25) is 23.5 Å². The van der Waals surface area contributed by atoms with Crippen molar-refractivity contribution in [3.05, 3.63) is 71.6 Å². The van der Waals surface area contributed by atoms with Crippen LogP contribution in [0.2, 0.25) is 0 Å². The van der Waals surface area contributed by atoms with Crippen molar-refractivity contribution in [3.8, 4) is 11.4 Å². The molecule has 2 aromatic carbocycles. The number of likely N-dealkylation sites (tertiary alicyclic amines) is 1. The number of hydrogen-bond acceptors (Lipinski definition) is 5. The van der Waals surface area contributed by atoms with E-state index < -0.39 is 0 Å². The molecule has 7 heteroatoms. The number of nitrogens with one attached hydrogen (secondary N) is 1. The van der Waals surface area contributed by atoms with Crippen LogP contribution in [-0.2, 0) is 22.6 Å². The second-order valence-corrected chi connectivity index (χ2v) is 7.58. The second kappa shape index (κ2) is 8.90. The Morgan fingerprint density at radius 2 is 1.93 bits per heavy atom. The average Bonchev–Trinajstić information content (AvgIpc) is 3.37. The number of nitrogens with zero attached hydrogens (tertiary/aromatic N) is 3. The van der Waals surface area contributed by atoms with Crippen molar-refractivity contribution in [1.29, 1.82) is 0 Å². The zero-order chi connectivity index (χ0) is 20.9. The van der Waals surface area contributed by atoms with Gasteiger partial charge in [-0.3, -0.25) is 9.59 Å². The summed E-state index contributed by atoms with van der Waals surface area (Å²) < 4.78 is 5.26. The molecule has 0 unspecified atom stereocenters. The summed E-state index contributed by atoms with van der Waals surface area (Å²) in [5.74, 6) is 0.575. The largest absolute Gasteiger partial charge is 0.355 e. The number of carbonyl (C=O) groups excluding carboxylic acids is 2.